The first-order valence-electron chi connectivity index (χ1n) is 5.95. The van der Waals surface area contributed by atoms with Gasteiger partial charge in [-0.25, -0.2) is 0 Å². The number of ether oxygens (including phenoxy) is 1. The molecule has 1 amide bonds. The van der Waals surface area contributed by atoms with Crippen LogP contribution in [0.3, 0.4) is 0 Å². The average Bonchev–Trinajstić information content (AvgIpc) is 2.24. The van der Waals surface area contributed by atoms with Gasteiger partial charge in [-0.3, -0.25) is 4.79 Å². The summed E-state index contributed by atoms with van der Waals surface area (Å²) in [6.45, 7) is 3.66. The van der Waals surface area contributed by atoms with E-state index in [-0.39, 0.29) is 18.4 Å². The van der Waals surface area contributed by atoms with Crippen LogP contribution in [0, 0.1) is 5.92 Å². The number of carbonyl (C=O) groups excluding carboxylic acids is 1. The predicted molar refractivity (Wildman–Crippen MR) is 64.2 cm³/mol. The number of aliphatic hydroxyl groups excluding tert-OH is 1. The number of methoxy groups -OCH3 is 1. The molecule has 4 nitrogen and oxygen atoms in total. The molecule has 0 fully saturated rings. The lowest BCUT2D eigenvalue weighted by atomic mass is 10.1. The molecule has 0 radical (unpaired) electrons. The van der Waals surface area contributed by atoms with Crippen molar-refractivity contribution in [2.75, 3.05) is 33.9 Å². The third-order valence-electron chi connectivity index (χ3n) is 2.55. The van der Waals surface area contributed by atoms with Gasteiger partial charge in [0.05, 0.1) is 0 Å². The molecule has 0 aliphatic heterocycles. The number of carbonyl (C=O) groups is 1. The topological polar surface area (TPSA) is 49.8 Å². The monoisotopic (exact) mass is 231 g/mol. The fraction of sp³-hybridized carbons (Fsp3) is 0.917. The first-order chi connectivity index (χ1) is 7.61. The van der Waals surface area contributed by atoms with Crippen molar-refractivity contribution in [2.24, 2.45) is 5.92 Å². The van der Waals surface area contributed by atoms with E-state index in [1.54, 1.807) is 12.0 Å². The number of amides is 1. The minimum atomic E-state index is 0.175. The molecule has 96 valence electrons. The lowest BCUT2D eigenvalue weighted by Crippen LogP contribution is -2.29. The summed E-state index contributed by atoms with van der Waals surface area (Å²) >= 11 is 0. The highest BCUT2D eigenvalue weighted by Crippen LogP contribution is 2.06. The molecule has 1 atom stereocenters. The van der Waals surface area contributed by atoms with Gasteiger partial charge in [-0.2, -0.15) is 0 Å². The van der Waals surface area contributed by atoms with Gasteiger partial charge in [0.15, 0.2) is 0 Å². The van der Waals surface area contributed by atoms with Crippen LogP contribution in [0.2, 0.25) is 0 Å². The first-order valence-corrected chi connectivity index (χ1v) is 5.95. The van der Waals surface area contributed by atoms with Gasteiger partial charge in [0.1, 0.15) is 0 Å². The van der Waals surface area contributed by atoms with Crippen molar-refractivity contribution in [3.05, 3.63) is 0 Å². The summed E-state index contributed by atoms with van der Waals surface area (Å²) in [5, 5.41) is 8.62. The SMILES string of the molecule is COCC(C)CC(=O)N(C)CCCCCO. The molecule has 16 heavy (non-hydrogen) atoms. The maximum atomic E-state index is 11.7. The van der Waals surface area contributed by atoms with Gasteiger partial charge in [0.25, 0.3) is 0 Å². The van der Waals surface area contributed by atoms with Crippen LogP contribution in [0.5, 0.6) is 0 Å². The Labute approximate surface area is 98.6 Å². The van der Waals surface area contributed by atoms with E-state index in [4.69, 9.17) is 9.84 Å². The number of aliphatic hydroxyl groups is 1. The van der Waals surface area contributed by atoms with Gasteiger partial charge in [0, 0.05) is 40.3 Å². The lowest BCUT2D eigenvalue weighted by molar-refractivity contribution is -0.131. The van der Waals surface area contributed by atoms with E-state index >= 15 is 0 Å². The van der Waals surface area contributed by atoms with Gasteiger partial charge in [0.2, 0.25) is 5.91 Å². The van der Waals surface area contributed by atoms with Crippen LogP contribution < -0.4 is 0 Å². The Morgan fingerprint density at radius 1 is 1.38 bits per heavy atom. The Balaban J connectivity index is 3.64. The quantitative estimate of drug-likeness (QED) is 0.608. The van der Waals surface area contributed by atoms with Crippen molar-refractivity contribution in [3.63, 3.8) is 0 Å². The zero-order chi connectivity index (χ0) is 12.4. The largest absolute Gasteiger partial charge is 0.396 e. The molecule has 0 aromatic heterocycles. The van der Waals surface area contributed by atoms with Gasteiger partial charge in [-0.05, 0) is 25.2 Å². The average molecular weight is 231 g/mol. The fourth-order valence-electron chi connectivity index (χ4n) is 1.56. The fourth-order valence-corrected chi connectivity index (χ4v) is 1.56. The molecule has 0 rings (SSSR count). The highest BCUT2D eigenvalue weighted by molar-refractivity contribution is 5.76. The number of hydrogen-bond donors (Lipinski definition) is 1. The Hall–Kier alpha value is -0.610. The zero-order valence-electron chi connectivity index (χ0n) is 10.7. The van der Waals surface area contributed by atoms with Crippen molar-refractivity contribution in [1.29, 1.82) is 0 Å². The van der Waals surface area contributed by atoms with E-state index in [0.717, 1.165) is 25.8 Å². The molecule has 4 heteroatoms. The van der Waals surface area contributed by atoms with Crippen molar-refractivity contribution >= 4 is 5.91 Å². The van der Waals surface area contributed by atoms with Crippen molar-refractivity contribution in [1.82, 2.24) is 4.90 Å². The van der Waals surface area contributed by atoms with E-state index in [2.05, 4.69) is 0 Å². The molecule has 0 spiro atoms. The number of hydrogen-bond acceptors (Lipinski definition) is 3. The molecular weight excluding hydrogens is 206 g/mol. The molecular formula is C12H25NO3. The summed E-state index contributed by atoms with van der Waals surface area (Å²) in [7, 11) is 3.49. The van der Waals surface area contributed by atoms with Crippen LogP contribution in [0.4, 0.5) is 0 Å². The van der Waals surface area contributed by atoms with Gasteiger partial charge in [-0.15, -0.1) is 0 Å². The van der Waals surface area contributed by atoms with Crippen LogP contribution in [0.25, 0.3) is 0 Å². The van der Waals surface area contributed by atoms with Gasteiger partial charge >= 0.3 is 0 Å². The maximum absolute atomic E-state index is 11.7. The lowest BCUT2D eigenvalue weighted by Gasteiger charge is -2.19. The summed E-state index contributed by atoms with van der Waals surface area (Å²) in [6.07, 6.45) is 3.30. The van der Waals surface area contributed by atoms with E-state index in [0.29, 0.717) is 13.0 Å². The normalized spacial score (nSPS) is 12.5. The van der Waals surface area contributed by atoms with Crippen LogP contribution in [-0.4, -0.2) is 49.8 Å². The van der Waals surface area contributed by atoms with Crippen LogP contribution >= 0.6 is 0 Å². The van der Waals surface area contributed by atoms with Gasteiger partial charge in [-0.1, -0.05) is 6.92 Å². The molecule has 0 aliphatic rings. The second-order valence-corrected chi connectivity index (χ2v) is 4.36. The third kappa shape index (κ3) is 7.65. The second kappa shape index (κ2) is 9.60. The molecule has 0 aliphatic carbocycles. The predicted octanol–water partition coefficient (Wildman–Crippen LogP) is 1.28. The Bertz CT molecular complexity index is 185. The summed E-state index contributed by atoms with van der Waals surface area (Å²) in [5.41, 5.74) is 0. The molecule has 1 N–H and O–H groups in total. The Kier molecular flexibility index (Phi) is 9.24. The Morgan fingerprint density at radius 3 is 2.62 bits per heavy atom. The minimum absolute atomic E-state index is 0.175. The van der Waals surface area contributed by atoms with E-state index in [1.807, 2.05) is 14.0 Å². The third-order valence-corrected chi connectivity index (χ3v) is 2.55. The molecule has 0 heterocycles. The number of rotatable bonds is 9. The van der Waals surface area contributed by atoms with Crippen molar-refractivity contribution in [3.8, 4) is 0 Å². The van der Waals surface area contributed by atoms with Gasteiger partial charge < -0.3 is 14.7 Å². The van der Waals surface area contributed by atoms with Crippen LogP contribution in [-0.2, 0) is 9.53 Å². The maximum Gasteiger partial charge on any atom is 0.222 e. The smallest absolute Gasteiger partial charge is 0.222 e. The molecule has 0 saturated carbocycles. The summed E-state index contributed by atoms with van der Waals surface area (Å²) < 4.78 is 5.00. The summed E-state index contributed by atoms with van der Waals surface area (Å²) in [6, 6.07) is 0. The summed E-state index contributed by atoms with van der Waals surface area (Å²) in [5.74, 6) is 0.450. The first kappa shape index (κ1) is 15.4. The highest BCUT2D eigenvalue weighted by atomic mass is 16.5. The molecule has 0 saturated heterocycles. The molecule has 0 aromatic carbocycles. The van der Waals surface area contributed by atoms with E-state index in [1.165, 1.54) is 0 Å². The standard InChI is InChI=1S/C12H25NO3/c1-11(10-16-3)9-12(15)13(2)7-5-4-6-8-14/h11,14H,4-10H2,1-3H3. The minimum Gasteiger partial charge on any atom is -0.396 e. The number of nitrogens with zero attached hydrogens (tertiary/aromatic N) is 1. The van der Waals surface area contributed by atoms with Crippen LogP contribution in [0.1, 0.15) is 32.6 Å². The molecule has 0 bridgehead atoms. The Morgan fingerprint density at radius 2 is 2.06 bits per heavy atom. The van der Waals surface area contributed by atoms with Crippen molar-refractivity contribution in [2.45, 2.75) is 32.6 Å². The zero-order valence-corrected chi connectivity index (χ0v) is 10.7. The second-order valence-electron chi connectivity index (χ2n) is 4.36. The number of unbranched alkanes of at least 4 members (excludes halogenated alkanes) is 2. The van der Waals surface area contributed by atoms with Crippen LogP contribution in [0.15, 0.2) is 0 Å². The molecule has 1 unspecified atom stereocenters. The highest BCUT2D eigenvalue weighted by Gasteiger charge is 2.12. The summed E-state index contributed by atoms with van der Waals surface area (Å²) in [4.78, 5) is 13.5. The van der Waals surface area contributed by atoms with Crippen molar-refractivity contribution < 1.29 is 14.6 Å². The molecule has 0 aromatic rings. The van der Waals surface area contributed by atoms with E-state index in [9.17, 15) is 4.79 Å². The van der Waals surface area contributed by atoms with E-state index < -0.39 is 0 Å².